The standard InChI is InChI=1S/C18H28N2O3/c1-13(2)17(21)19-15-8-6-9-16(12-15)20(10-7-11-23-5)18(22)14(3)4/h6,8-9,12-14H,7,10-11H2,1-5H3,(H,19,21). The van der Waals surface area contributed by atoms with E-state index in [1.807, 2.05) is 52.0 Å². The van der Waals surface area contributed by atoms with Crippen LogP contribution in [0.25, 0.3) is 0 Å². The summed E-state index contributed by atoms with van der Waals surface area (Å²) in [5.41, 5.74) is 1.50. The molecule has 1 aromatic rings. The Morgan fingerprint density at radius 2 is 1.87 bits per heavy atom. The molecule has 2 amide bonds. The van der Waals surface area contributed by atoms with E-state index in [4.69, 9.17) is 4.74 Å². The SMILES string of the molecule is COCCCN(C(=O)C(C)C)c1cccc(NC(=O)C(C)C)c1. The van der Waals surface area contributed by atoms with Gasteiger partial charge in [0.1, 0.15) is 0 Å². The van der Waals surface area contributed by atoms with E-state index in [0.717, 1.165) is 12.1 Å². The Bertz CT molecular complexity index is 527. The van der Waals surface area contributed by atoms with Crippen LogP contribution in [0.1, 0.15) is 34.1 Å². The molecule has 0 bridgehead atoms. The molecule has 0 spiro atoms. The van der Waals surface area contributed by atoms with Crippen LogP contribution in [-0.2, 0) is 14.3 Å². The molecular formula is C18H28N2O3. The average molecular weight is 320 g/mol. The zero-order valence-electron chi connectivity index (χ0n) is 14.8. The summed E-state index contributed by atoms with van der Waals surface area (Å²) in [5.74, 6) is -0.156. The van der Waals surface area contributed by atoms with Crippen LogP contribution in [0, 0.1) is 11.8 Å². The van der Waals surface area contributed by atoms with E-state index in [1.165, 1.54) is 0 Å². The van der Waals surface area contributed by atoms with Crippen molar-refractivity contribution in [2.45, 2.75) is 34.1 Å². The second-order valence-corrected chi connectivity index (χ2v) is 6.19. The molecule has 0 heterocycles. The van der Waals surface area contributed by atoms with Gasteiger partial charge in [-0.3, -0.25) is 9.59 Å². The highest BCUT2D eigenvalue weighted by Crippen LogP contribution is 2.22. The third-order valence-corrected chi connectivity index (χ3v) is 3.44. The van der Waals surface area contributed by atoms with Gasteiger partial charge in [0.2, 0.25) is 11.8 Å². The fourth-order valence-electron chi connectivity index (χ4n) is 2.08. The van der Waals surface area contributed by atoms with Gasteiger partial charge in [-0.25, -0.2) is 0 Å². The topological polar surface area (TPSA) is 58.6 Å². The molecule has 0 saturated carbocycles. The molecule has 0 aliphatic rings. The van der Waals surface area contributed by atoms with Gasteiger partial charge in [0.25, 0.3) is 0 Å². The monoisotopic (exact) mass is 320 g/mol. The van der Waals surface area contributed by atoms with Gasteiger partial charge in [-0.2, -0.15) is 0 Å². The van der Waals surface area contributed by atoms with E-state index in [2.05, 4.69) is 5.32 Å². The van der Waals surface area contributed by atoms with Gasteiger partial charge >= 0.3 is 0 Å². The number of anilines is 2. The Kier molecular flexibility index (Phi) is 7.75. The lowest BCUT2D eigenvalue weighted by molar-refractivity contribution is -0.121. The second kappa shape index (κ2) is 9.30. The summed E-state index contributed by atoms with van der Waals surface area (Å²) < 4.78 is 5.08. The van der Waals surface area contributed by atoms with Crippen molar-refractivity contribution < 1.29 is 14.3 Å². The maximum atomic E-state index is 12.5. The van der Waals surface area contributed by atoms with Crippen LogP contribution in [0.5, 0.6) is 0 Å². The molecule has 23 heavy (non-hydrogen) atoms. The van der Waals surface area contributed by atoms with Gasteiger partial charge in [-0.1, -0.05) is 33.8 Å². The first kappa shape index (κ1) is 19.2. The van der Waals surface area contributed by atoms with Gasteiger partial charge < -0.3 is 15.0 Å². The lowest BCUT2D eigenvalue weighted by Crippen LogP contribution is -2.35. The van der Waals surface area contributed by atoms with Gasteiger partial charge in [0.05, 0.1) is 0 Å². The summed E-state index contributed by atoms with van der Waals surface area (Å²) in [4.78, 5) is 26.1. The summed E-state index contributed by atoms with van der Waals surface area (Å²) >= 11 is 0. The predicted molar refractivity (Wildman–Crippen MR) is 93.6 cm³/mol. The third kappa shape index (κ3) is 6.02. The number of carbonyl (C=O) groups excluding carboxylic acids is 2. The zero-order chi connectivity index (χ0) is 17.4. The highest BCUT2D eigenvalue weighted by atomic mass is 16.5. The number of ether oxygens (including phenoxy) is 1. The quantitative estimate of drug-likeness (QED) is 0.748. The van der Waals surface area contributed by atoms with Crippen molar-refractivity contribution in [2.24, 2.45) is 11.8 Å². The van der Waals surface area contributed by atoms with Crippen molar-refractivity contribution in [2.75, 3.05) is 30.5 Å². The van der Waals surface area contributed by atoms with Gasteiger partial charge in [0, 0.05) is 43.5 Å². The Morgan fingerprint density at radius 3 is 2.43 bits per heavy atom. The van der Waals surface area contributed by atoms with Crippen molar-refractivity contribution in [3.05, 3.63) is 24.3 Å². The zero-order valence-corrected chi connectivity index (χ0v) is 14.8. The van der Waals surface area contributed by atoms with Crippen LogP contribution in [0.2, 0.25) is 0 Å². The number of methoxy groups -OCH3 is 1. The Labute approximate surface area is 139 Å². The highest BCUT2D eigenvalue weighted by Gasteiger charge is 2.19. The number of nitrogens with zero attached hydrogens (tertiary/aromatic N) is 1. The fourth-order valence-corrected chi connectivity index (χ4v) is 2.08. The van der Waals surface area contributed by atoms with E-state index < -0.39 is 0 Å². The molecule has 0 radical (unpaired) electrons. The summed E-state index contributed by atoms with van der Waals surface area (Å²) in [6.45, 7) is 8.65. The van der Waals surface area contributed by atoms with Gasteiger partial charge in [-0.15, -0.1) is 0 Å². The van der Waals surface area contributed by atoms with Crippen LogP contribution < -0.4 is 10.2 Å². The first-order chi connectivity index (χ1) is 10.9. The molecule has 0 aromatic heterocycles. The molecule has 128 valence electrons. The summed E-state index contributed by atoms with van der Waals surface area (Å²) in [6, 6.07) is 7.41. The van der Waals surface area contributed by atoms with Crippen molar-refractivity contribution in [3.8, 4) is 0 Å². The molecule has 5 nitrogen and oxygen atoms in total. The molecule has 0 saturated heterocycles. The molecule has 1 rings (SSSR count). The van der Waals surface area contributed by atoms with Crippen molar-refractivity contribution in [3.63, 3.8) is 0 Å². The molecule has 1 N–H and O–H groups in total. The number of carbonyl (C=O) groups is 2. The maximum Gasteiger partial charge on any atom is 0.229 e. The number of hydrogen-bond acceptors (Lipinski definition) is 3. The van der Waals surface area contributed by atoms with Crippen LogP contribution in [0.3, 0.4) is 0 Å². The van der Waals surface area contributed by atoms with Crippen molar-refractivity contribution in [1.82, 2.24) is 0 Å². The summed E-state index contributed by atoms with van der Waals surface area (Å²) in [6.07, 6.45) is 0.761. The molecule has 0 aliphatic heterocycles. The molecular weight excluding hydrogens is 292 g/mol. The molecule has 5 heteroatoms. The Balaban J connectivity index is 2.96. The van der Waals surface area contributed by atoms with E-state index in [0.29, 0.717) is 18.8 Å². The van der Waals surface area contributed by atoms with Crippen molar-refractivity contribution in [1.29, 1.82) is 0 Å². The minimum atomic E-state index is -0.0912. The molecule has 0 aliphatic carbocycles. The molecule has 1 aromatic carbocycles. The van der Waals surface area contributed by atoms with Crippen LogP contribution in [0.15, 0.2) is 24.3 Å². The van der Waals surface area contributed by atoms with Crippen LogP contribution in [-0.4, -0.2) is 32.1 Å². The Morgan fingerprint density at radius 1 is 1.17 bits per heavy atom. The number of hydrogen-bond donors (Lipinski definition) is 1. The summed E-state index contributed by atoms with van der Waals surface area (Å²) in [7, 11) is 1.65. The number of amides is 2. The van der Waals surface area contributed by atoms with E-state index in [-0.39, 0.29) is 23.7 Å². The van der Waals surface area contributed by atoms with Gasteiger partial charge in [-0.05, 0) is 24.6 Å². The van der Waals surface area contributed by atoms with E-state index in [1.54, 1.807) is 12.0 Å². The predicted octanol–water partition coefficient (Wildman–Crippen LogP) is 3.31. The number of benzene rings is 1. The first-order valence-corrected chi connectivity index (χ1v) is 8.08. The fraction of sp³-hybridized carbons (Fsp3) is 0.556. The Hall–Kier alpha value is -1.88. The first-order valence-electron chi connectivity index (χ1n) is 8.08. The summed E-state index contributed by atoms with van der Waals surface area (Å²) in [5, 5.41) is 2.87. The van der Waals surface area contributed by atoms with E-state index in [9.17, 15) is 9.59 Å². The number of nitrogens with one attached hydrogen (secondary N) is 1. The minimum absolute atomic E-state index is 0.0386. The van der Waals surface area contributed by atoms with Crippen molar-refractivity contribution >= 4 is 23.2 Å². The smallest absolute Gasteiger partial charge is 0.229 e. The molecule has 0 unspecified atom stereocenters. The van der Waals surface area contributed by atoms with Crippen LogP contribution in [0.4, 0.5) is 11.4 Å². The second-order valence-electron chi connectivity index (χ2n) is 6.19. The van der Waals surface area contributed by atoms with Crippen LogP contribution >= 0.6 is 0 Å². The minimum Gasteiger partial charge on any atom is -0.385 e. The maximum absolute atomic E-state index is 12.5. The third-order valence-electron chi connectivity index (χ3n) is 3.44. The lowest BCUT2D eigenvalue weighted by atomic mass is 10.1. The molecule has 0 atom stereocenters. The number of rotatable bonds is 8. The lowest BCUT2D eigenvalue weighted by Gasteiger charge is -2.25. The highest BCUT2D eigenvalue weighted by molar-refractivity contribution is 5.96. The van der Waals surface area contributed by atoms with E-state index >= 15 is 0 Å². The normalized spacial score (nSPS) is 10.9. The van der Waals surface area contributed by atoms with Gasteiger partial charge in [0.15, 0.2) is 0 Å². The average Bonchev–Trinajstić information content (AvgIpc) is 2.51. The largest absolute Gasteiger partial charge is 0.385 e. The molecule has 0 fully saturated rings.